The van der Waals surface area contributed by atoms with Crippen LogP contribution in [0.4, 0.5) is 0 Å². The van der Waals surface area contributed by atoms with Gasteiger partial charge >= 0.3 is 0 Å². The second kappa shape index (κ2) is 5.34. The number of amidine groups is 1. The molecular weight excluding hydrogens is 336 g/mol. The molecule has 134 valence electrons. The Hall–Kier alpha value is -2.81. The van der Waals surface area contributed by atoms with Crippen LogP contribution in [0.3, 0.4) is 0 Å². The number of nitriles is 2. The highest BCUT2D eigenvalue weighted by Gasteiger charge is 2.94. The molecule has 0 aromatic heterocycles. The van der Waals surface area contributed by atoms with Crippen molar-refractivity contribution in [2.75, 3.05) is 26.9 Å². The molecule has 0 radical (unpaired) electrons. The Balaban J connectivity index is 1.85. The number of methoxy groups -OCH3 is 1. The third-order valence-corrected chi connectivity index (χ3v) is 5.43. The molecule has 1 aromatic carbocycles. The Kier molecular flexibility index (Phi) is 3.42. The predicted molar refractivity (Wildman–Crippen MR) is 89.3 cm³/mol. The van der Waals surface area contributed by atoms with Gasteiger partial charge in [-0.2, -0.15) is 10.5 Å². The Morgan fingerprint density at radius 3 is 2.58 bits per heavy atom. The number of rotatable bonds is 4. The highest BCUT2D eigenvalue weighted by atomic mass is 16.8. The molecule has 1 saturated carbocycles. The van der Waals surface area contributed by atoms with Gasteiger partial charge in [-0.15, -0.1) is 0 Å². The second-order valence-electron chi connectivity index (χ2n) is 6.39. The van der Waals surface area contributed by atoms with Gasteiger partial charge in [0.05, 0.1) is 39.1 Å². The van der Waals surface area contributed by atoms with E-state index in [9.17, 15) is 10.5 Å². The molecule has 8 nitrogen and oxygen atoms in total. The van der Waals surface area contributed by atoms with Gasteiger partial charge in [0, 0.05) is 5.92 Å². The van der Waals surface area contributed by atoms with E-state index in [4.69, 9.17) is 24.7 Å². The van der Waals surface area contributed by atoms with Gasteiger partial charge in [-0.3, -0.25) is 0 Å². The standard InChI is InChI=1S/C18H18N4O4/c1-3-24-12-5-4-11(8-13(12)23-2)14-16(9-19)15(21)22-18(17(14,16)10-20)25-6-7-26-18/h4-5,8,14H,3,6-7H2,1-2H3,(H2,21,22)/t14-,16+,17+/m0/s1. The molecule has 2 aliphatic heterocycles. The van der Waals surface area contributed by atoms with Gasteiger partial charge in [0.15, 0.2) is 16.9 Å². The van der Waals surface area contributed by atoms with Gasteiger partial charge in [0.2, 0.25) is 0 Å². The van der Waals surface area contributed by atoms with Crippen LogP contribution in [0, 0.1) is 33.5 Å². The van der Waals surface area contributed by atoms with Crippen LogP contribution in [0.1, 0.15) is 18.4 Å². The van der Waals surface area contributed by atoms with E-state index in [0.29, 0.717) is 31.3 Å². The fraction of sp³-hybridized carbons (Fsp3) is 0.500. The van der Waals surface area contributed by atoms with E-state index in [-0.39, 0.29) is 5.84 Å². The van der Waals surface area contributed by atoms with Crippen LogP contribution in [0.15, 0.2) is 23.2 Å². The van der Waals surface area contributed by atoms with Crippen LogP contribution in [0.2, 0.25) is 0 Å². The molecular formula is C18H18N4O4. The van der Waals surface area contributed by atoms with E-state index < -0.39 is 22.7 Å². The lowest BCUT2D eigenvalue weighted by Gasteiger charge is -2.25. The summed E-state index contributed by atoms with van der Waals surface area (Å²) < 4.78 is 22.3. The smallest absolute Gasteiger partial charge is 0.293 e. The normalized spacial score (nSPS) is 33.1. The summed E-state index contributed by atoms with van der Waals surface area (Å²) in [6.45, 7) is 2.96. The number of benzene rings is 1. The lowest BCUT2D eigenvalue weighted by Crippen LogP contribution is -2.38. The molecule has 3 atom stereocenters. The third-order valence-electron chi connectivity index (χ3n) is 5.43. The summed E-state index contributed by atoms with van der Waals surface area (Å²) in [7, 11) is 1.54. The van der Waals surface area contributed by atoms with E-state index in [0.717, 1.165) is 5.56 Å². The first-order valence-corrected chi connectivity index (χ1v) is 8.34. The summed E-state index contributed by atoms with van der Waals surface area (Å²) >= 11 is 0. The van der Waals surface area contributed by atoms with Crippen LogP contribution in [0.5, 0.6) is 11.5 Å². The van der Waals surface area contributed by atoms with Crippen LogP contribution >= 0.6 is 0 Å². The molecule has 0 bridgehead atoms. The van der Waals surface area contributed by atoms with Crippen molar-refractivity contribution < 1.29 is 18.9 Å². The molecule has 2 fully saturated rings. The number of nitrogens with zero attached hydrogens (tertiary/aromatic N) is 3. The Bertz CT molecular complexity index is 880. The third kappa shape index (κ3) is 1.61. The first-order valence-electron chi connectivity index (χ1n) is 8.34. The van der Waals surface area contributed by atoms with Gasteiger partial charge < -0.3 is 24.7 Å². The van der Waals surface area contributed by atoms with Crippen LogP contribution in [0.25, 0.3) is 0 Å². The minimum Gasteiger partial charge on any atom is -0.493 e. The summed E-state index contributed by atoms with van der Waals surface area (Å²) in [6, 6.07) is 9.82. The second-order valence-corrected chi connectivity index (χ2v) is 6.39. The Morgan fingerprint density at radius 1 is 1.27 bits per heavy atom. The molecule has 0 unspecified atom stereocenters. The summed E-state index contributed by atoms with van der Waals surface area (Å²) in [5.41, 5.74) is 4.23. The van der Waals surface area contributed by atoms with Crippen molar-refractivity contribution in [2.45, 2.75) is 18.8 Å². The molecule has 8 heteroatoms. The minimum atomic E-state index is -1.53. The van der Waals surface area contributed by atoms with E-state index >= 15 is 0 Å². The van der Waals surface area contributed by atoms with E-state index in [2.05, 4.69) is 17.1 Å². The quantitative estimate of drug-likeness (QED) is 0.864. The first kappa shape index (κ1) is 16.6. The van der Waals surface area contributed by atoms with Gasteiger partial charge in [0.1, 0.15) is 11.3 Å². The zero-order valence-corrected chi connectivity index (χ0v) is 14.5. The molecule has 26 heavy (non-hydrogen) atoms. The summed E-state index contributed by atoms with van der Waals surface area (Å²) in [4.78, 5) is 4.25. The SMILES string of the molecule is CCOc1ccc([C@H]2[C@]3(C#N)C(N)=NC4(OCCO4)[C@]23C#N)cc1OC. The van der Waals surface area contributed by atoms with Crippen LogP contribution in [-0.4, -0.2) is 38.7 Å². The Labute approximate surface area is 150 Å². The monoisotopic (exact) mass is 354 g/mol. The number of aliphatic imine (C=N–C) groups is 1. The van der Waals surface area contributed by atoms with E-state index in [1.807, 2.05) is 13.0 Å². The fourth-order valence-electron chi connectivity index (χ4n) is 4.36. The molecule has 0 amide bonds. The average molecular weight is 354 g/mol. The van der Waals surface area contributed by atoms with Gasteiger partial charge in [-0.05, 0) is 24.6 Å². The molecule has 1 aliphatic carbocycles. The lowest BCUT2D eigenvalue weighted by atomic mass is 9.94. The molecule has 2 N–H and O–H groups in total. The maximum atomic E-state index is 10.1. The zero-order valence-electron chi connectivity index (χ0n) is 14.5. The largest absolute Gasteiger partial charge is 0.493 e. The summed E-state index contributed by atoms with van der Waals surface area (Å²) in [6.07, 6.45) is 0. The summed E-state index contributed by atoms with van der Waals surface area (Å²) in [5.74, 6) is -0.885. The van der Waals surface area contributed by atoms with Crippen molar-refractivity contribution in [3.63, 3.8) is 0 Å². The van der Waals surface area contributed by atoms with E-state index in [1.54, 1.807) is 12.1 Å². The highest BCUT2D eigenvalue weighted by Crippen LogP contribution is 2.82. The minimum absolute atomic E-state index is 0.0706. The molecule has 2 heterocycles. The molecule has 3 aliphatic rings. The Morgan fingerprint density at radius 2 is 2.00 bits per heavy atom. The predicted octanol–water partition coefficient (Wildman–Crippen LogP) is 1.28. The van der Waals surface area contributed by atoms with Crippen molar-refractivity contribution in [3.8, 4) is 23.6 Å². The van der Waals surface area contributed by atoms with Crippen molar-refractivity contribution >= 4 is 5.84 Å². The number of fused-ring (bicyclic) bond motifs is 2. The van der Waals surface area contributed by atoms with Gasteiger partial charge in [0.25, 0.3) is 5.91 Å². The highest BCUT2D eigenvalue weighted by molar-refractivity contribution is 6.00. The zero-order chi connectivity index (χ0) is 18.6. The lowest BCUT2D eigenvalue weighted by molar-refractivity contribution is -0.184. The van der Waals surface area contributed by atoms with Crippen molar-refractivity contribution in [3.05, 3.63) is 23.8 Å². The van der Waals surface area contributed by atoms with Crippen LogP contribution < -0.4 is 15.2 Å². The molecule has 4 rings (SSSR count). The first-order chi connectivity index (χ1) is 12.6. The molecule has 1 saturated heterocycles. The van der Waals surface area contributed by atoms with Crippen molar-refractivity contribution in [2.24, 2.45) is 21.6 Å². The molecule has 1 aromatic rings. The average Bonchev–Trinajstić information content (AvgIpc) is 2.90. The maximum Gasteiger partial charge on any atom is 0.293 e. The van der Waals surface area contributed by atoms with Crippen LogP contribution in [-0.2, 0) is 9.47 Å². The number of nitrogens with two attached hydrogens (primary N) is 1. The maximum absolute atomic E-state index is 10.1. The number of hydrogen-bond acceptors (Lipinski definition) is 8. The van der Waals surface area contributed by atoms with Gasteiger partial charge in [-0.25, -0.2) is 4.99 Å². The van der Waals surface area contributed by atoms with Crippen molar-refractivity contribution in [1.29, 1.82) is 10.5 Å². The van der Waals surface area contributed by atoms with E-state index in [1.165, 1.54) is 7.11 Å². The van der Waals surface area contributed by atoms with Gasteiger partial charge in [-0.1, -0.05) is 6.07 Å². The fourth-order valence-corrected chi connectivity index (χ4v) is 4.36. The van der Waals surface area contributed by atoms with Crippen molar-refractivity contribution in [1.82, 2.24) is 0 Å². The molecule has 1 spiro atoms. The summed E-state index contributed by atoms with van der Waals surface area (Å²) in [5, 5.41) is 20.0. The topological polar surface area (TPSA) is 123 Å². The number of ether oxygens (including phenoxy) is 4. The number of hydrogen-bond donors (Lipinski definition) is 1.